The Kier molecular flexibility index (Phi) is 2.40. The molecule has 0 aliphatic heterocycles. The number of pyridine rings is 1. The highest BCUT2D eigenvalue weighted by atomic mass is 79.9. The van der Waals surface area contributed by atoms with E-state index in [1.165, 1.54) is 0 Å². The predicted molar refractivity (Wildman–Crippen MR) is 44.5 cm³/mol. The maximum Gasteiger partial charge on any atom is 0.0413 e. The SMILES string of the molecule is C[C@H](N)c1ccncc1Br. The second kappa shape index (κ2) is 3.12. The molecule has 0 spiro atoms. The van der Waals surface area contributed by atoms with Gasteiger partial charge in [0.05, 0.1) is 0 Å². The van der Waals surface area contributed by atoms with Crippen LogP contribution in [0.1, 0.15) is 18.5 Å². The molecule has 1 aromatic heterocycles. The highest BCUT2D eigenvalue weighted by Crippen LogP contribution is 2.19. The summed E-state index contributed by atoms with van der Waals surface area (Å²) >= 11 is 3.35. The Morgan fingerprint density at radius 1 is 1.70 bits per heavy atom. The van der Waals surface area contributed by atoms with Crippen molar-refractivity contribution in [3.8, 4) is 0 Å². The summed E-state index contributed by atoms with van der Waals surface area (Å²) in [6.45, 7) is 1.94. The van der Waals surface area contributed by atoms with Crippen LogP contribution in [0.2, 0.25) is 0 Å². The first kappa shape index (κ1) is 7.69. The number of aromatic nitrogens is 1. The zero-order chi connectivity index (χ0) is 7.56. The van der Waals surface area contributed by atoms with Crippen LogP contribution >= 0.6 is 15.9 Å². The van der Waals surface area contributed by atoms with Crippen molar-refractivity contribution in [3.63, 3.8) is 0 Å². The van der Waals surface area contributed by atoms with E-state index < -0.39 is 0 Å². The number of nitrogens with zero attached hydrogens (tertiary/aromatic N) is 1. The van der Waals surface area contributed by atoms with E-state index in [2.05, 4.69) is 20.9 Å². The van der Waals surface area contributed by atoms with Crippen LogP contribution in [0.15, 0.2) is 22.9 Å². The van der Waals surface area contributed by atoms with Crippen molar-refractivity contribution in [2.24, 2.45) is 5.73 Å². The van der Waals surface area contributed by atoms with E-state index in [0.29, 0.717) is 0 Å². The lowest BCUT2D eigenvalue weighted by Gasteiger charge is -2.05. The summed E-state index contributed by atoms with van der Waals surface area (Å²) in [6, 6.07) is 1.98. The van der Waals surface area contributed by atoms with Gasteiger partial charge in [-0.05, 0) is 34.5 Å². The molecule has 0 bridgehead atoms. The van der Waals surface area contributed by atoms with Crippen molar-refractivity contribution in [1.82, 2.24) is 4.98 Å². The van der Waals surface area contributed by atoms with Crippen molar-refractivity contribution in [3.05, 3.63) is 28.5 Å². The third-order valence-electron chi connectivity index (χ3n) is 1.29. The topological polar surface area (TPSA) is 38.9 Å². The molecule has 54 valence electrons. The number of hydrogen-bond donors (Lipinski definition) is 1. The number of halogens is 1. The van der Waals surface area contributed by atoms with Gasteiger partial charge < -0.3 is 5.73 Å². The lowest BCUT2D eigenvalue weighted by atomic mass is 10.1. The van der Waals surface area contributed by atoms with Crippen LogP contribution in [0, 0.1) is 0 Å². The molecule has 3 heteroatoms. The number of rotatable bonds is 1. The summed E-state index contributed by atoms with van der Waals surface area (Å²) in [5.74, 6) is 0. The average molecular weight is 201 g/mol. The third-order valence-corrected chi connectivity index (χ3v) is 1.96. The third kappa shape index (κ3) is 1.55. The zero-order valence-electron chi connectivity index (χ0n) is 5.71. The van der Waals surface area contributed by atoms with Crippen molar-refractivity contribution < 1.29 is 0 Å². The summed E-state index contributed by atoms with van der Waals surface area (Å²) in [7, 11) is 0. The van der Waals surface area contributed by atoms with Crippen LogP contribution in [0.3, 0.4) is 0 Å². The van der Waals surface area contributed by atoms with Gasteiger partial charge in [-0.15, -0.1) is 0 Å². The standard InChI is InChI=1S/C7H9BrN2/c1-5(9)6-2-3-10-4-7(6)8/h2-5H,9H2,1H3/t5-/m0/s1. The second-order valence-corrected chi connectivity index (χ2v) is 3.04. The summed E-state index contributed by atoms with van der Waals surface area (Å²) in [4.78, 5) is 3.92. The first-order valence-electron chi connectivity index (χ1n) is 3.07. The minimum atomic E-state index is 0.0670. The average Bonchev–Trinajstić information content (AvgIpc) is 1.88. The molecule has 10 heavy (non-hydrogen) atoms. The van der Waals surface area contributed by atoms with Crippen molar-refractivity contribution in [2.75, 3.05) is 0 Å². The molecule has 0 radical (unpaired) electrons. The van der Waals surface area contributed by atoms with Gasteiger partial charge in [-0.2, -0.15) is 0 Å². The minimum absolute atomic E-state index is 0.0670. The van der Waals surface area contributed by atoms with Gasteiger partial charge in [-0.3, -0.25) is 4.98 Å². The van der Waals surface area contributed by atoms with Gasteiger partial charge >= 0.3 is 0 Å². The van der Waals surface area contributed by atoms with Gasteiger partial charge in [0, 0.05) is 22.9 Å². The molecule has 0 fully saturated rings. The van der Waals surface area contributed by atoms with E-state index in [-0.39, 0.29) is 6.04 Å². The summed E-state index contributed by atoms with van der Waals surface area (Å²) in [5, 5.41) is 0. The normalized spacial score (nSPS) is 13.1. The van der Waals surface area contributed by atoms with E-state index in [0.717, 1.165) is 10.0 Å². The van der Waals surface area contributed by atoms with Crippen molar-refractivity contribution >= 4 is 15.9 Å². The van der Waals surface area contributed by atoms with E-state index in [1.807, 2.05) is 13.0 Å². The number of hydrogen-bond acceptors (Lipinski definition) is 2. The highest BCUT2D eigenvalue weighted by molar-refractivity contribution is 9.10. The molecule has 0 saturated heterocycles. The first-order valence-corrected chi connectivity index (χ1v) is 3.86. The molecule has 0 aromatic carbocycles. The molecule has 2 nitrogen and oxygen atoms in total. The Morgan fingerprint density at radius 2 is 2.40 bits per heavy atom. The van der Waals surface area contributed by atoms with Crippen LogP contribution in [-0.4, -0.2) is 4.98 Å². The largest absolute Gasteiger partial charge is 0.324 e. The monoisotopic (exact) mass is 200 g/mol. The molecular weight excluding hydrogens is 192 g/mol. The molecule has 2 N–H and O–H groups in total. The van der Waals surface area contributed by atoms with Gasteiger partial charge in [0.1, 0.15) is 0 Å². The van der Waals surface area contributed by atoms with Gasteiger partial charge in [0.15, 0.2) is 0 Å². The van der Waals surface area contributed by atoms with Gasteiger partial charge in [-0.25, -0.2) is 0 Å². The molecular formula is C7H9BrN2. The van der Waals surface area contributed by atoms with E-state index >= 15 is 0 Å². The summed E-state index contributed by atoms with van der Waals surface area (Å²) in [5.41, 5.74) is 6.75. The maximum atomic E-state index is 5.66. The summed E-state index contributed by atoms with van der Waals surface area (Å²) < 4.78 is 0.977. The Morgan fingerprint density at radius 3 is 2.80 bits per heavy atom. The molecule has 1 aromatic rings. The highest BCUT2D eigenvalue weighted by Gasteiger charge is 2.01. The van der Waals surface area contributed by atoms with E-state index in [9.17, 15) is 0 Å². The van der Waals surface area contributed by atoms with Crippen LogP contribution in [0.5, 0.6) is 0 Å². The fraction of sp³-hybridized carbons (Fsp3) is 0.286. The smallest absolute Gasteiger partial charge is 0.0413 e. The predicted octanol–water partition coefficient (Wildman–Crippen LogP) is 1.86. The molecule has 1 atom stereocenters. The zero-order valence-corrected chi connectivity index (χ0v) is 7.30. The molecule has 0 amide bonds. The van der Waals surface area contributed by atoms with Crippen LogP contribution in [0.4, 0.5) is 0 Å². The molecule has 1 rings (SSSR count). The molecule has 1 heterocycles. The molecule has 0 unspecified atom stereocenters. The molecule has 0 saturated carbocycles. The number of nitrogens with two attached hydrogens (primary N) is 1. The molecule has 0 aliphatic rings. The summed E-state index contributed by atoms with van der Waals surface area (Å²) in [6.07, 6.45) is 3.49. The van der Waals surface area contributed by atoms with Gasteiger partial charge in [0.2, 0.25) is 0 Å². The Hall–Kier alpha value is -0.410. The van der Waals surface area contributed by atoms with Crippen LogP contribution in [-0.2, 0) is 0 Å². The van der Waals surface area contributed by atoms with E-state index in [1.54, 1.807) is 12.4 Å². The Labute approximate surface area is 68.6 Å². The first-order chi connectivity index (χ1) is 4.72. The van der Waals surface area contributed by atoms with Crippen LogP contribution < -0.4 is 5.73 Å². The lowest BCUT2D eigenvalue weighted by Crippen LogP contribution is -2.05. The van der Waals surface area contributed by atoms with Crippen molar-refractivity contribution in [1.29, 1.82) is 0 Å². The second-order valence-electron chi connectivity index (χ2n) is 2.19. The minimum Gasteiger partial charge on any atom is -0.324 e. The lowest BCUT2D eigenvalue weighted by molar-refractivity contribution is 0.810. The Balaban J connectivity index is 3.03. The maximum absolute atomic E-state index is 5.66. The van der Waals surface area contributed by atoms with E-state index in [4.69, 9.17) is 5.73 Å². The Bertz CT molecular complexity index is 223. The van der Waals surface area contributed by atoms with Gasteiger partial charge in [-0.1, -0.05) is 0 Å². The fourth-order valence-electron chi connectivity index (χ4n) is 0.755. The van der Waals surface area contributed by atoms with Gasteiger partial charge in [0.25, 0.3) is 0 Å². The quantitative estimate of drug-likeness (QED) is 0.753. The van der Waals surface area contributed by atoms with Crippen molar-refractivity contribution in [2.45, 2.75) is 13.0 Å². The van der Waals surface area contributed by atoms with Crippen LogP contribution in [0.25, 0.3) is 0 Å². The fourth-order valence-corrected chi connectivity index (χ4v) is 1.37. The molecule has 0 aliphatic carbocycles.